The van der Waals surface area contributed by atoms with Gasteiger partial charge in [0.15, 0.2) is 0 Å². The Morgan fingerprint density at radius 1 is 1.11 bits per heavy atom. The lowest BCUT2D eigenvalue weighted by Gasteiger charge is -2.29. The van der Waals surface area contributed by atoms with Crippen LogP contribution in [0, 0.1) is 5.92 Å². The zero-order chi connectivity index (χ0) is 24.8. The van der Waals surface area contributed by atoms with Gasteiger partial charge in [0.1, 0.15) is 5.82 Å². The van der Waals surface area contributed by atoms with E-state index in [9.17, 15) is 13.2 Å². The highest BCUT2D eigenvalue weighted by atomic mass is 32.2. The summed E-state index contributed by atoms with van der Waals surface area (Å²) in [6.07, 6.45) is 6.38. The number of carbonyl (C=O) groups excluding carboxylic acids is 1. The van der Waals surface area contributed by atoms with E-state index in [1.54, 1.807) is 6.08 Å². The number of hydrogen-bond acceptors (Lipinski definition) is 4. The number of imidazole rings is 1. The predicted octanol–water partition coefficient (Wildman–Crippen LogP) is 4.71. The van der Waals surface area contributed by atoms with Crippen LogP contribution < -0.4 is 5.32 Å². The number of rotatable bonds is 8. The fraction of sp³-hybridized carbons (Fsp3) is 0.333. The molecule has 0 radical (unpaired) electrons. The largest absolute Gasteiger partial charge is 0.330 e. The van der Waals surface area contributed by atoms with Crippen LogP contribution in [0.15, 0.2) is 72.4 Å². The van der Waals surface area contributed by atoms with Crippen LogP contribution in [0.2, 0.25) is 0 Å². The molecule has 1 fully saturated rings. The van der Waals surface area contributed by atoms with Gasteiger partial charge in [-0.2, -0.15) is 4.31 Å². The van der Waals surface area contributed by atoms with E-state index in [1.165, 1.54) is 9.71 Å². The van der Waals surface area contributed by atoms with Crippen LogP contribution in [0.3, 0.4) is 0 Å². The number of piperidine rings is 1. The van der Waals surface area contributed by atoms with Gasteiger partial charge in [0.2, 0.25) is 15.9 Å². The summed E-state index contributed by atoms with van der Waals surface area (Å²) in [5.41, 5.74) is 2.66. The minimum absolute atomic E-state index is 0.0653. The molecule has 1 saturated heterocycles. The van der Waals surface area contributed by atoms with Gasteiger partial charge in [-0.15, -0.1) is 0 Å². The smallest absolute Gasteiger partial charge is 0.236 e. The van der Waals surface area contributed by atoms with Crippen molar-refractivity contribution in [2.24, 2.45) is 5.92 Å². The molecule has 1 aliphatic rings. The zero-order valence-electron chi connectivity index (χ0n) is 20.2. The van der Waals surface area contributed by atoms with Crippen LogP contribution in [0.4, 0.5) is 5.69 Å². The third kappa shape index (κ3) is 6.46. The molecule has 0 spiro atoms. The van der Waals surface area contributed by atoms with E-state index in [2.05, 4.69) is 28.7 Å². The third-order valence-corrected chi connectivity index (χ3v) is 7.79. The quantitative estimate of drug-likeness (QED) is 0.494. The summed E-state index contributed by atoms with van der Waals surface area (Å²) in [6, 6.07) is 17.2. The van der Waals surface area contributed by atoms with Crippen molar-refractivity contribution < 1.29 is 13.2 Å². The fourth-order valence-electron chi connectivity index (χ4n) is 4.33. The zero-order valence-corrected chi connectivity index (χ0v) is 21.0. The molecular formula is C27H32N4O3S. The first-order valence-corrected chi connectivity index (χ1v) is 13.5. The highest BCUT2D eigenvalue weighted by Crippen LogP contribution is 2.23. The molecule has 35 heavy (non-hydrogen) atoms. The van der Waals surface area contributed by atoms with Gasteiger partial charge in [-0.3, -0.25) is 4.79 Å². The van der Waals surface area contributed by atoms with Gasteiger partial charge < -0.3 is 9.88 Å². The molecule has 1 aromatic heterocycles. The number of benzene rings is 2. The highest BCUT2D eigenvalue weighted by Gasteiger charge is 2.30. The van der Waals surface area contributed by atoms with E-state index in [0.29, 0.717) is 38.4 Å². The van der Waals surface area contributed by atoms with Gasteiger partial charge in [-0.05, 0) is 42.2 Å². The number of nitrogens with zero attached hydrogens (tertiary/aromatic N) is 3. The lowest BCUT2D eigenvalue weighted by atomic mass is 9.97. The molecule has 0 saturated carbocycles. The average Bonchev–Trinajstić information content (AvgIpc) is 3.32. The number of sulfonamides is 1. The lowest BCUT2D eigenvalue weighted by Crippen LogP contribution is -2.40. The van der Waals surface area contributed by atoms with Crippen molar-refractivity contribution in [3.05, 3.63) is 89.4 Å². The van der Waals surface area contributed by atoms with E-state index in [4.69, 9.17) is 0 Å². The second kappa shape index (κ2) is 11.0. The summed E-state index contributed by atoms with van der Waals surface area (Å²) in [7, 11) is -3.52. The summed E-state index contributed by atoms with van der Waals surface area (Å²) in [4.78, 5) is 17.3. The van der Waals surface area contributed by atoms with Crippen LogP contribution in [0.25, 0.3) is 6.08 Å². The topological polar surface area (TPSA) is 84.3 Å². The van der Waals surface area contributed by atoms with Crippen molar-refractivity contribution >= 4 is 27.7 Å². The molecule has 2 heterocycles. The van der Waals surface area contributed by atoms with E-state index < -0.39 is 10.0 Å². The normalized spacial score (nSPS) is 15.6. The molecule has 2 aromatic carbocycles. The van der Waals surface area contributed by atoms with Crippen LogP contribution in [-0.2, 0) is 21.4 Å². The van der Waals surface area contributed by atoms with E-state index in [-0.39, 0.29) is 11.8 Å². The second-order valence-corrected chi connectivity index (χ2v) is 11.0. The van der Waals surface area contributed by atoms with Crippen molar-refractivity contribution in [1.29, 1.82) is 0 Å². The van der Waals surface area contributed by atoms with Crippen molar-refractivity contribution in [1.82, 2.24) is 13.9 Å². The second-order valence-electron chi connectivity index (χ2n) is 9.19. The Kier molecular flexibility index (Phi) is 7.83. The molecule has 184 valence electrons. The first kappa shape index (κ1) is 24.9. The molecule has 4 rings (SSSR count). The van der Waals surface area contributed by atoms with Crippen molar-refractivity contribution in [3.8, 4) is 0 Å². The van der Waals surface area contributed by atoms with Crippen LogP contribution >= 0.6 is 0 Å². The standard InChI is InChI=1S/C27H32N4O3S/c1-21(2)26-28-14-17-30(26)20-23-9-6-10-25(19-23)29-27(32)24-11-15-31(16-12-24)35(33,34)18-13-22-7-4-3-5-8-22/h3-10,13-14,17-19,21,24H,11-12,15-16,20H2,1-2H3,(H,29,32). The summed E-state index contributed by atoms with van der Waals surface area (Å²) in [6.45, 7) is 5.58. The van der Waals surface area contributed by atoms with E-state index in [0.717, 1.165) is 22.6 Å². The number of amides is 1. The average molecular weight is 493 g/mol. The number of anilines is 1. The molecule has 7 nitrogen and oxygen atoms in total. The molecule has 8 heteroatoms. The number of carbonyl (C=O) groups is 1. The summed E-state index contributed by atoms with van der Waals surface area (Å²) in [5.74, 6) is 1.07. The molecule has 0 unspecified atom stereocenters. The Balaban J connectivity index is 1.32. The number of nitrogens with one attached hydrogen (secondary N) is 1. The maximum atomic E-state index is 12.9. The summed E-state index contributed by atoms with van der Waals surface area (Å²) < 4.78 is 29.0. The highest BCUT2D eigenvalue weighted by molar-refractivity contribution is 7.92. The van der Waals surface area contributed by atoms with Gasteiger partial charge in [0.25, 0.3) is 0 Å². The molecule has 0 aliphatic carbocycles. The molecular weight excluding hydrogens is 460 g/mol. The summed E-state index contributed by atoms with van der Waals surface area (Å²) >= 11 is 0. The first-order valence-electron chi connectivity index (χ1n) is 12.0. The minimum Gasteiger partial charge on any atom is -0.330 e. The summed E-state index contributed by atoms with van der Waals surface area (Å²) in [5, 5.41) is 4.27. The Hall–Kier alpha value is -3.23. The predicted molar refractivity (Wildman–Crippen MR) is 139 cm³/mol. The maximum absolute atomic E-state index is 12.9. The molecule has 1 amide bonds. The molecule has 1 N–H and O–H groups in total. The Bertz CT molecular complexity index is 1270. The van der Waals surface area contributed by atoms with Crippen LogP contribution in [-0.4, -0.2) is 41.3 Å². The lowest BCUT2D eigenvalue weighted by molar-refractivity contribution is -0.120. The number of aromatic nitrogens is 2. The monoisotopic (exact) mass is 492 g/mol. The Morgan fingerprint density at radius 2 is 1.86 bits per heavy atom. The van der Waals surface area contributed by atoms with Gasteiger partial charge in [-0.25, -0.2) is 13.4 Å². The first-order chi connectivity index (χ1) is 16.8. The van der Waals surface area contributed by atoms with Crippen LogP contribution in [0.1, 0.15) is 49.6 Å². The van der Waals surface area contributed by atoms with Crippen molar-refractivity contribution in [2.45, 2.75) is 39.2 Å². The molecule has 3 aromatic rings. The fourth-order valence-corrected chi connectivity index (χ4v) is 5.55. The molecule has 0 atom stereocenters. The maximum Gasteiger partial charge on any atom is 0.236 e. The van der Waals surface area contributed by atoms with E-state index >= 15 is 0 Å². The van der Waals surface area contributed by atoms with Gasteiger partial charge in [0, 0.05) is 55.0 Å². The van der Waals surface area contributed by atoms with Crippen molar-refractivity contribution in [2.75, 3.05) is 18.4 Å². The SMILES string of the molecule is CC(C)c1nccn1Cc1cccc(NC(=O)C2CCN(S(=O)(=O)C=Cc3ccccc3)CC2)c1. The van der Waals surface area contributed by atoms with Gasteiger partial charge >= 0.3 is 0 Å². The minimum atomic E-state index is -3.52. The molecule has 1 aliphatic heterocycles. The molecule has 0 bridgehead atoms. The number of hydrogen-bond donors (Lipinski definition) is 1. The van der Waals surface area contributed by atoms with Crippen molar-refractivity contribution in [3.63, 3.8) is 0 Å². The van der Waals surface area contributed by atoms with E-state index in [1.807, 2.05) is 67.0 Å². The van der Waals surface area contributed by atoms with Gasteiger partial charge in [-0.1, -0.05) is 56.3 Å². The Morgan fingerprint density at radius 3 is 2.57 bits per heavy atom. The Labute approximate surface area is 207 Å². The van der Waals surface area contributed by atoms with Crippen LogP contribution in [0.5, 0.6) is 0 Å². The van der Waals surface area contributed by atoms with Gasteiger partial charge in [0.05, 0.1) is 0 Å². The third-order valence-electron chi connectivity index (χ3n) is 6.23.